The van der Waals surface area contributed by atoms with E-state index in [-0.39, 0.29) is 11.2 Å². The van der Waals surface area contributed by atoms with Gasteiger partial charge in [-0.25, -0.2) is 0 Å². The summed E-state index contributed by atoms with van der Waals surface area (Å²) in [4.78, 5) is 12.6. The first-order chi connectivity index (χ1) is 13.2. The topological polar surface area (TPSA) is 59.8 Å². The largest absolute Gasteiger partial charge is 0.352 e. The summed E-state index contributed by atoms with van der Waals surface area (Å²) in [5.74, 6) is 1.72. The molecule has 0 spiro atoms. The maximum Gasteiger partial charge on any atom is 0.233 e. The van der Waals surface area contributed by atoms with Crippen molar-refractivity contribution in [3.05, 3.63) is 41.7 Å². The van der Waals surface area contributed by atoms with Crippen molar-refractivity contribution in [2.45, 2.75) is 80.8 Å². The molecule has 1 N–H and O–H groups in total. The van der Waals surface area contributed by atoms with Crippen LogP contribution in [0, 0.1) is 0 Å². The minimum absolute atomic E-state index is 0.120. The number of carbonyl (C=O) groups excluding carboxylic acids is 1. The predicted octanol–water partition coefficient (Wildman–Crippen LogP) is 4.13. The maximum absolute atomic E-state index is 12.6. The van der Waals surface area contributed by atoms with Crippen molar-refractivity contribution in [1.82, 2.24) is 20.1 Å². The summed E-state index contributed by atoms with van der Waals surface area (Å²) in [5, 5.41) is 12.8. The third-order valence-electron chi connectivity index (χ3n) is 5.47. The van der Waals surface area contributed by atoms with E-state index in [0.717, 1.165) is 30.4 Å². The van der Waals surface area contributed by atoms with Crippen molar-refractivity contribution in [2.24, 2.45) is 0 Å². The molecule has 5 nitrogen and oxygen atoms in total. The third kappa shape index (κ3) is 4.72. The van der Waals surface area contributed by atoms with Crippen LogP contribution < -0.4 is 5.32 Å². The minimum atomic E-state index is -0.169. The van der Waals surface area contributed by atoms with E-state index in [9.17, 15) is 4.79 Å². The lowest BCUT2D eigenvalue weighted by atomic mass is 9.95. The Morgan fingerprint density at radius 3 is 2.59 bits per heavy atom. The van der Waals surface area contributed by atoms with E-state index in [1.165, 1.54) is 49.4 Å². The minimum Gasteiger partial charge on any atom is -0.352 e. The molecule has 1 amide bonds. The fraction of sp³-hybridized carbons (Fsp3) is 0.571. The van der Waals surface area contributed by atoms with Crippen molar-refractivity contribution in [3.8, 4) is 0 Å². The van der Waals surface area contributed by atoms with Gasteiger partial charge in [0.15, 0.2) is 5.16 Å². The SMILES string of the molecule is C[C@@H](Sc1nnc(C2CC2)n1Cc1ccccc1)C(=O)NC1CCCCC1. The van der Waals surface area contributed by atoms with E-state index in [4.69, 9.17) is 0 Å². The molecule has 0 aliphatic heterocycles. The lowest BCUT2D eigenvalue weighted by Crippen LogP contribution is -2.40. The van der Waals surface area contributed by atoms with Crippen LogP contribution in [0.4, 0.5) is 0 Å². The van der Waals surface area contributed by atoms with Gasteiger partial charge in [0.25, 0.3) is 0 Å². The highest BCUT2D eigenvalue weighted by molar-refractivity contribution is 8.00. The molecule has 0 bridgehead atoms. The molecule has 2 fully saturated rings. The Morgan fingerprint density at radius 1 is 1.15 bits per heavy atom. The average Bonchev–Trinajstić information content (AvgIpc) is 3.47. The van der Waals surface area contributed by atoms with Gasteiger partial charge in [-0.1, -0.05) is 61.4 Å². The van der Waals surface area contributed by atoms with Crippen LogP contribution in [-0.4, -0.2) is 32.0 Å². The van der Waals surface area contributed by atoms with Crippen LogP contribution in [-0.2, 0) is 11.3 Å². The van der Waals surface area contributed by atoms with Gasteiger partial charge >= 0.3 is 0 Å². The molecular formula is C21H28N4OS. The van der Waals surface area contributed by atoms with E-state index < -0.39 is 0 Å². The van der Waals surface area contributed by atoms with Crippen LogP contribution in [0.3, 0.4) is 0 Å². The third-order valence-corrected chi connectivity index (χ3v) is 6.55. The standard InChI is InChI=1S/C21H28N4OS/c1-15(20(26)22-18-10-6-3-7-11-18)27-21-24-23-19(17-12-13-17)25(21)14-16-8-4-2-5-9-16/h2,4-5,8-9,15,17-18H,3,6-7,10-14H2,1H3,(H,22,26)/t15-/m1/s1. The number of hydrogen-bond acceptors (Lipinski definition) is 4. The first kappa shape index (κ1) is 18.5. The Morgan fingerprint density at radius 2 is 1.89 bits per heavy atom. The van der Waals surface area contributed by atoms with E-state index in [1.54, 1.807) is 0 Å². The molecule has 2 aromatic rings. The predicted molar refractivity (Wildman–Crippen MR) is 108 cm³/mol. The molecule has 4 rings (SSSR count). The number of nitrogens with zero attached hydrogens (tertiary/aromatic N) is 3. The smallest absolute Gasteiger partial charge is 0.233 e. The van der Waals surface area contributed by atoms with Crippen molar-refractivity contribution in [2.75, 3.05) is 0 Å². The van der Waals surface area contributed by atoms with Crippen molar-refractivity contribution in [1.29, 1.82) is 0 Å². The number of hydrogen-bond donors (Lipinski definition) is 1. The summed E-state index contributed by atoms with van der Waals surface area (Å²) in [5.41, 5.74) is 1.24. The summed E-state index contributed by atoms with van der Waals surface area (Å²) in [7, 11) is 0. The number of amides is 1. The molecule has 1 aromatic heterocycles. The molecule has 1 atom stereocenters. The average molecular weight is 385 g/mol. The highest BCUT2D eigenvalue weighted by atomic mass is 32.2. The lowest BCUT2D eigenvalue weighted by Gasteiger charge is -2.24. The molecule has 144 valence electrons. The van der Waals surface area contributed by atoms with Gasteiger partial charge in [-0.2, -0.15) is 0 Å². The van der Waals surface area contributed by atoms with Gasteiger partial charge in [-0.3, -0.25) is 4.79 Å². The van der Waals surface area contributed by atoms with Crippen molar-refractivity contribution in [3.63, 3.8) is 0 Å². The number of aromatic nitrogens is 3. The van der Waals surface area contributed by atoms with Gasteiger partial charge in [0, 0.05) is 12.0 Å². The molecular weight excluding hydrogens is 356 g/mol. The summed E-state index contributed by atoms with van der Waals surface area (Å²) in [6, 6.07) is 10.8. The summed E-state index contributed by atoms with van der Waals surface area (Å²) in [6.45, 7) is 2.74. The molecule has 2 aliphatic rings. The molecule has 2 saturated carbocycles. The summed E-state index contributed by atoms with van der Waals surface area (Å²) >= 11 is 1.53. The second-order valence-corrected chi connectivity index (χ2v) is 9.10. The first-order valence-electron chi connectivity index (χ1n) is 10.1. The zero-order chi connectivity index (χ0) is 18.6. The fourth-order valence-electron chi connectivity index (χ4n) is 3.72. The Balaban J connectivity index is 1.45. The highest BCUT2D eigenvalue weighted by Gasteiger charge is 2.31. The molecule has 1 heterocycles. The highest BCUT2D eigenvalue weighted by Crippen LogP contribution is 2.40. The van der Waals surface area contributed by atoms with Crippen LogP contribution in [0.2, 0.25) is 0 Å². The van der Waals surface area contributed by atoms with Crippen LogP contribution in [0.15, 0.2) is 35.5 Å². The van der Waals surface area contributed by atoms with E-state index in [0.29, 0.717) is 12.0 Å². The van der Waals surface area contributed by atoms with Crippen LogP contribution >= 0.6 is 11.8 Å². The van der Waals surface area contributed by atoms with E-state index in [1.807, 2.05) is 13.0 Å². The summed E-state index contributed by atoms with van der Waals surface area (Å²) < 4.78 is 2.21. The number of rotatable bonds is 7. The molecule has 1 aromatic carbocycles. The van der Waals surface area contributed by atoms with Gasteiger partial charge in [0.05, 0.1) is 11.8 Å². The molecule has 0 unspecified atom stereocenters. The number of nitrogens with one attached hydrogen (secondary N) is 1. The fourth-order valence-corrected chi connectivity index (χ4v) is 4.59. The van der Waals surface area contributed by atoms with Crippen molar-refractivity contribution >= 4 is 17.7 Å². The van der Waals surface area contributed by atoms with Gasteiger partial charge < -0.3 is 9.88 Å². The van der Waals surface area contributed by atoms with E-state index in [2.05, 4.69) is 44.3 Å². The zero-order valence-corrected chi connectivity index (χ0v) is 16.8. The monoisotopic (exact) mass is 384 g/mol. The second-order valence-electron chi connectivity index (χ2n) is 7.79. The van der Waals surface area contributed by atoms with Gasteiger partial charge in [-0.15, -0.1) is 10.2 Å². The van der Waals surface area contributed by atoms with Crippen molar-refractivity contribution < 1.29 is 4.79 Å². The van der Waals surface area contributed by atoms with Gasteiger partial charge in [-0.05, 0) is 38.2 Å². The molecule has 0 radical (unpaired) electrons. The number of thioether (sulfide) groups is 1. The van der Waals surface area contributed by atoms with Gasteiger partial charge in [0.1, 0.15) is 5.82 Å². The molecule has 0 saturated heterocycles. The van der Waals surface area contributed by atoms with Gasteiger partial charge in [0.2, 0.25) is 5.91 Å². The zero-order valence-electron chi connectivity index (χ0n) is 15.9. The van der Waals surface area contributed by atoms with Crippen LogP contribution in [0.1, 0.15) is 69.2 Å². The van der Waals surface area contributed by atoms with Crippen LogP contribution in [0.5, 0.6) is 0 Å². The quantitative estimate of drug-likeness (QED) is 0.729. The maximum atomic E-state index is 12.6. The lowest BCUT2D eigenvalue weighted by molar-refractivity contribution is -0.121. The Hall–Kier alpha value is -1.82. The van der Waals surface area contributed by atoms with E-state index >= 15 is 0 Å². The second kappa shape index (κ2) is 8.46. The molecule has 27 heavy (non-hydrogen) atoms. The molecule has 2 aliphatic carbocycles. The normalized spacial score (nSPS) is 19.0. The number of benzene rings is 1. The Bertz CT molecular complexity index is 766. The summed E-state index contributed by atoms with van der Waals surface area (Å²) in [6.07, 6.45) is 8.34. The van der Waals surface area contributed by atoms with Crippen LogP contribution in [0.25, 0.3) is 0 Å². The Labute approximate surface area is 165 Å². The Kier molecular flexibility index (Phi) is 5.81. The first-order valence-corrected chi connectivity index (χ1v) is 11.0. The number of carbonyl (C=O) groups is 1. The molecule has 6 heteroatoms.